The van der Waals surface area contributed by atoms with E-state index in [1.165, 1.54) is 38.4 Å². The summed E-state index contributed by atoms with van der Waals surface area (Å²) < 4.78 is 4.65. The number of unbranched alkanes of at least 4 members (excludes halogenated alkanes) is 3. The van der Waals surface area contributed by atoms with Gasteiger partial charge < -0.3 is 4.74 Å². The lowest BCUT2D eigenvalue weighted by molar-refractivity contribution is -0.143. The van der Waals surface area contributed by atoms with Crippen molar-refractivity contribution in [1.29, 1.82) is 0 Å². The molecule has 0 saturated heterocycles. The SMILES string of the molecule is CCCCCCC1=CC(=O)C(CC(=O)OC)CCC1. The molecule has 0 fully saturated rings. The van der Waals surface area contributed by atoms with Crippen LogP contribution in [-0.2, 0) is 14.3 Å². The van der Waals surface area contributed by atoms with Gasteiger partial charge in [0.1, 0.15) is 0 Å². The second kappa shape index (κ2) is 8.89. The predicted molar refractivity (Wildman–Crippen MR) is 75.8 cm³/mol. The van der Waals surface area contributed by atoms with E-state index in [-0.39, 0.29) is 24.1 Å². The Hall–Kier alpha value is -1.12. The zero-order chi connectivity index (χ0) is 14.1. The molecule has 0 N–H and O–H groups in total. The molecular formula is C16H26O3. The van der Waals surface area contributed by atoms with Gasteiger partial charge in [0.2, 0.25) is 0 Å². The van der Waals surface area contributed by atoms with E-state index in [0.717, 1.165) is 25.7 Å². The number of allylic oxidation sites excluding steroid dienone is 2. The molecule has 0 amide bonds. The van der Waals surface area contributed by atoms with Crippen molar-refractivity contribution < 1.29 is 14.3 Å². The topological polar surface area (TPSA) is 43.4 Å². The van der Waals surface area contributed by atoms with Crippen molar-refractivity contribution in [3.05, 3.63) is 11.6 Å². The summed E-state index contributed by atoms with van der Waals surface area (Å²) in [5, 5.41) is 0. The number of carbonyl (C=O) groups is 2. The van der Waals surface area contributed by atoms with E-state index in [1.54, 1.807) is 6.08 Å². The molecule has 1 aliphatic carbocycles. The smallest absolute Gasteiger partial charge is 0.306 e. The van der Waals surface area contributed by atoms with E-state index in [4.69, 9.17) is 0 Å². The van der Waals surface area contributed by atoms with Crippen LogP contribution in [0, 0.1) is 5.92 Å². The largest absolute Gasteiger partial charge is 0.469 e. The molecule has 0 radical (unpaired) electrons. The minimum Gasteiger partial charge on any atom is -0.469 e. The Morgan fingerprint density at radius 1 is 1.37 bits per heavy atom. The molecule has 3 nitrogen and oxygen atoms in total. The maximum Gasteiger partial charge on any atom is 0.306 e. The fourth-order valence-electron chi connectivity index (χ4n) is 2.57. The number of ether oxygens (including phenoxy) is 1. The fraction of sp³-hybridized carbons (Fsp3) is 0.750. The second-order valence-electron chi connectivity index (χ2n) is 5.39. The van der Waals surface area contributed by atoms with Gasteiger partial charge in [-0.15, -0.1) is 0 Å². The van der Waals surface area contributed by atoms with Crippen LogP contribution < -0.4 is 0 Å². The van der Waals surface area contributed by atoms with Crippen LogP contribution in [0.1, 0.15) is 64.7 Å². The van der Waals surface area contributed by atoms with E-state index in [9.17, 15) is 9.59 Å². The van der Waals surface area contributed by atoms with Gasteiger partial charge in [-0.1, -0.05) is 31.8 Å². The molecule has 0 aromatic rings. The quantitative estimate of drug-likeness (QED) is 0.520. The standard InChI is InChI=1S/C16H26O3/c1-3-4-5-6-8-13-9-7-10-14(15(17)11-13)12-16(18)19-2/h11,14H,3-10,12H2,1-2H3. The summed E-state index contributed by atoms with van der Waals surface area (Å²) in [4.78, 5) is 23.3. The van der Waals surface area contributed by atoms with E-state index in [2.05, 4.69) is 11.7 Å². The molecule has 1 atom stereocenters. The van der Waals surface area contributed by atoms with Crippen molar-refractivity contribution >= 4 is 11.8 Å². The summed E-state index contributed by atoms with van der Waals surface area (Å²) in [7, 11) is 1.37. The first kappa shape index (κ1) is 15.9. The monoisotopic (exact) mass is 266 g/mol. The van der Waals surface area contributed by atoms with Gasteiger partial charge >= 0.3 is 5.97 Å². The van der Waals surface area contributed by atoms with Gasteiger partial charge in [-0.3, -0.25) is 9.59 Å². The zero-order valence-electron chi connectivity index (χ0n) is 12.2. The summed E-state index contributed by atoms with van der Waals surface area (Å²) >= 11 is 0. The Balaban J connectivity index is 2.46. The molecule has 108 valence electrons. The Labute approximate surface area is 116 Å². The van der Waals surface area contributed by atoms with Gasteiger partial charge in [-0.2, -0.15) is 0 Å². The highest BCUT2D eigenvalue weighted by Gasteiger charge is 2.23. The molecule has 1 aliphatic rings. The van der Waals surface area contributed by atoms with Crippen molar-refractivity contribution in [2.24, 2.45) is 5.92 Å². The molecule has 0 aromatic heterocycles. The zero-order valence-corrected chi connectivity index (χ0v) is 12.2. The average molecular weight is 266 g/mol. The summed E-state index contributed by atoms with van der Waals surface area (Å²) in [6.07, 6.45) is 10.8. The molecule has 0 bridgehead atoms. The molecule has 0 spiro atoms. The normalized spacial score (nSPS) is 19.8. The third kappa shape index (κ3) is 6.04. The molecule has 0 saturated carbocycles. The molecule has 1 rings (SSSR count). The van der Waals surface area contributed by atoms with E-state index in [1.807, 2.05) is 0 Å². The predicted octanol–water partition coefficient (Wildman–Crippen LogP) is 3.82. The third-order valence-electron chi connectivity index (χ3n) is 3.79. The van der Waals surface area contributed by atoms with Gasteiger partial charge in [-0.05, 0) is 38.2 Å². The first-order chi connectivity index (χ1) is 9.17. The summed E-state index contributed by atoms with van der Waals surface area (Å²) in [5.41, 5.74) is 1.27. The van der Waals surface area contributed by atoms with Crippen LogP contribution in [0.15, 0.2) is 11.6 Å². The maximum absolute atomic E-state index is 12.1. The first-order valence-electron chi connectivity index (χ1n) is 7.47. The van der Waals surface area contributed by atoms with Crippen molar-refractivity contribution in [3.63, 3.8) is 0 Å². The highest BCUT2D eigenvalue weighted by Crippen LogP contribution is 2.25. The van der Waals surface area contributed by atoms with Crippen LogP contribution in [0.4, 0.5) is 0 Å². The number of ketones is 1. The Bertz CT molecular complexity index is 331. The van der Waals surface area contributed by atoms with Crippen LogP contribution in [0.5, 0.6) is 0 Å². The Morgan fingerprint density at radius 2 is 2.16 bits per heavy atom. The lowest BCUT2D eigenvalue weighted by Gasteiger charge is -2.09. The van der Waals surface area contributed by atoms with Crippen LogP contribution >= 0.6 is 0 Å². The minimum atomic E-state index is -0.279. The second-order valence-corrected chi connectivity index (χ2v) is 5.39. The number of carbonyl (C=O) groups excluding carboxylic acids is 2. The summed E-state index contributed by atoms with van der Waals surface area (Å²) in [6.45, 7) is 2.20. The van der Waals surface area contributed by atoms with Gasteiger partial charge in [0.15, 0.2) is 5.78 Å². The van der Waals surface area contributed by atoms with Crippen molar-refractivity contribution in [1.82, 2.24) is 0 Å². The number of rotatable bonds is 7. The lowest BCUT2D eigenvalue weighted by atomic mass is 9.96. The molecule has 0 heterocycles. The fourth-order valence-corrected chi connectivity index (χ4v) is 2.57. The van der Waals surface area contributed by atoms with Crippen molar-refractivity contribution in [2.45, 2.75) is 64.7 Å². The van der Waals surface area contributed by atoms with E-state index < -0.39 is 0 Å². The maximum atomic E-state index is 12.1. The highest BCUT2D eigenvalue weighted by molar-refractivity contribution is 5.94. The highest BCUT2D eigenvalue weighted by atomic mass is 16.5. The van der Waals surface area contributed by atoms with Gasteiger partial charge in [-0.25, -0.2) is 0 Å². The third-order valence-corrected chi connectivity index (χ3v) is 3.79. The molecule has 3 heteroatoms. The molecule has 19 heavy (non-hydrogen) atoms. The molecule has 1 unspecified atom stereocenters. The van der Waals surface area contributed by atoms with Crippen LogP contribution in [0.25, 0.3) is 0 Å². The Kier molecular flexibility index (Phi) is 7.46. The van der Waals surface area contributed by atoms with Gasteiger partial charge in [0.25, 0.3) is 0 Å². The number of methoxy groups -OCH3 is 1. The summed E-state index contributed by atoms with van der Waals surface area (Å²) in [6, 6.07) is 0. The number of hydrogen-bond donors (Lipinski definition) is 0. The summed E-state index contributed by atoms with van der Waals surface area (Å²) in [5.74, 6) is -0.327. The molecule has 0 aromatic carbocycles. The van der Waals surface area contributed by atoms with Gasteiger partial charge in [0, 0.05) is 5.92 Å². The van der Waals surface area contributed by atoms with Crippen LogP contribution in [0.2, 0.25) is 0 Å². The van der Waals surface area contributed by atoms with E-state index in [0.29, 0.717) is 0 Å². The minimum absolute atomic E-state index is 0.119. The molecule has 0 aliphatic heterocycles. The van der Waals surface area contributed by atoms with Crippen molar-refractivity contribution in [3.8, 4) is 0 Å². The van der Waals surface area contributed by atoms with Crippen molar-refractivity contribution in [2.75, 3.05) is 7.11 Å². The number of esters is 1. The number of hydrogen-bond acceptors (Lipinski definition) is 3. The van der Waals surface area contributed by atoms with Crippen LogP contribution in [0.3, 0.4) is 0 Å². The average Bonchev–Trinajstić information content (AvgIpc) is 2.57. The van der Waals surface area contributed by atoms with E-state index >= 15 is 0 Å². The Morgan fingerprint density at radius 3 is 2.84 bits per heavy atom. The first-order valence-corrected chi connectivity index (χ1v) is 7.47. The van der Waals surface area contributed by atoms with Crippen LogP contribution in [-0.4, -0.2) is 18.9 Å². The molecular weight excluding hydrogens is 240 g/mol. The van der Waals surface area contributed by atoms with Gasteiger partial charge in [0.05, 0.1) is 13.5 Å². The lowest BCUT2D eigenvalue weighted by Crippen LogP contribution is -2.16.